The van der Waals surface area contributed by atoms with Gasteiger partial charge in [-0.05, 0) is 71.1 Å². The van der Waals surface area contributed by atoms with Crippen molar-refractivity contribution in [3.05, 3.63) is 57.8 Å². The van der Waals surface area contributed by atoms with Gasteiger partial charge in [0.2, 0.25) is 0 Å². The van der Waals surface area contributed by atoms with Gasteiger partial charge in [-0.1, -0.05) is 12.1 Å². The van der Waals surface area contributed by atoms with Gasteiger partial charge in [-0.15, -0.1) is 0 Å². The van der Waals surface area contributed by atoms with Gasteiger partial charge in [-0.3, -0.25) is 0 Å². The van der Waals surface area contributed by atoms with E-state index in [0.717, 1.165) is 17.9 Å². The maximum absolute atomic E-state index is 13.3. The predicted molar refractivity (Wildman–Crippen MR) is 85.2 cm³/mol. The quantitative estimate of drug-likeness (QED) is 0.825. The van der Waals surface area contributed by atoms with Crippen LogP contribution in [0.2, 0.25) is 0 Å². The van der Waals surface area contributed by atoms with Gasteiger partial charge in [0.25, 0.3) is 0 Å². The van der Waals surface area contributed by atoms with Crippen molar-refractivity contribution in [2.45, 2.75) is 32.4 Å². The second-order valence-electron chi connectivity index (χ2n) is 5.43. The third-order valence-electron chi connectivity index (χ3n) is 3.54. The number of halogens is 2. The topological polar surface area (TPSA) is 21.3 Å². The van der Waals surface area contributed by atoms with Crippen molar-refractivity contribution < 1.29 is 9.13 Å². The van der Waals surface area contributed by atoms with Crippen LogP contribution >= 0.6 is 15.9 Å². The van der Waals surface area contributed by atoms with Crippen molar-refractivity contribution in [2.24, 2.45) is 0 Å². The van der Waals surface area contributed by atoms with Crippen LogP contribution in [0.1, 0.15) is 24.0 Å². The predicted octanol–water partition coefficient (Wildman–Crippen LogP) is 4.94. The molecule has 21 heavy (non-hydrogen) atoms. The molecule has 1 saturated carbocycles. The second-order valence-corrected chi connectivity index (χ2v) is 6.29. The normalized spacial score (nSPS) is 14.2. The minimum absolute atomic E-state index is 0.290. The van der Waals surface area contributed by atoms with Crippen LogP contribution in [0.5, 0.6) is 11.5 Å². The molecule has 0 bridgehead atoms. The summed E-state index contributed by atoms with van der Waals surface area (Å²) < 4.78 is 19.5. The zero-order valence-electron chi connectivity index (χ0n) is 11.8. The van der Waals surface area contributed by atoms with Crippen LogP contribution in [-0.2, 0) is 6.54 Å². The van der Waals surface area contributed by atoms with E-state index in [2.05, 4.69) is 33.4 Å². The van der Waals surface area contributed by atoms with Crippen molar-refractivity contribution >= 4 is 15.9 Å². The van der Waals surface area contributed by atoms with Gasteiger partial charge in [0.1, 0.15) is 17.3 Å². The Morgan fingerprint density at radius 1 is 1.24 bits per heavy atom. The summed E-state index contributed by atoms with van der Waals surface area (Å²) >= 11 is 3.18. The number of hydrogen-bond acceptors (Lipinski definition) is 2. The first-order valence-corrected chi connectivity index (χ1v) is 7.87. The highest BCUT2D eigenvalue weighted by Gasteiger charge is 2.20. The van der Waals surface area contributed by atoms with E-state index in [1.165, 1.54) is 24.5 Å². The monoisotopic (exact) mass is 349 g/mol. The molecule has 3 rings (SSSR count). The second kappa shape index (κ2) is 6.16. The van der Waals surface area contributed by atoms with Crippen molar-refractivity contribution in [2.75, 3.05) is 0 Å². The Morgan fingerprint density at radius 3 is 2.76 bits per heavy atom. The molecular weight excluding hydrogens is 333 g/mol. The van der Waals surface area contributed by atoms with E-state index in [1.54, 1.807) is 12.1 Å². The minimum Gasteiger partial charge on any atom is -0.457 e. The van der Waals surface area contributed by atoms with E-state index in [4.69, 9.17) is 4.74 Å². The molecule has 2 aromatic carbocycles. The molecule has 0 heterocycles. The summed E-state index contributed by atoms with van der Waals surface area (Å²) in [5, 5.41) is 3.49. The Kier molecular flexibility index (Phi) is 4.27. The molecule has 4 heteroatoms. The van der Waals surface area contributed by atoms with Gasteiger partial charge in [-0.25, -0.2) is 4.39 Å². The van der Waals surface area contributed by atoms with E-state index < -0.39 is 0 Å². The lowest BCUT2D eigenvalue weighted by molar-refractivity contribution is 0.475. The van der Waals surface area contributed by atoms with Crippen LogP contribution in [0.3, 0.4) is 0 Å². The number of rotatable bonds is 5. The average Bonchev–Trinajstić information content (AvgIpc) is 3.28. The van der Waals surface area contributed by atoms with E-state index in [1.807, 2.05) is 13.0 Å². The number of ether oxygens (including phenoxy) is 1. The molecule has 0 amide bonds. The maximum atomic E-state index is 13.3. The zero-order chi connectivity index (χ0) is 14.8. The number of benzene rings is 2. The van der Waals surface area contributed by atoms with Crippen LogP contribution in [0, 0.1) is 12.7 Å². The van der Waals surface area contributed by atoms with Gasteiger partial charge < -0.3 is 10.1 Å². The Balaban J connectivity index is 1.76. The Bertz CT molecular complexity index is 655. The average molecular weight is 350 g/mol. The molecule has 0 radical (unpaired) electrons. The Labute approximate surface area is 132 Å². The lowest BCUT2D eigenvalue weighted by Crippen LogP contribution is -2.15. The Hall–Kier alpha value is -1.39. The lowest BCUT2D eigenvalue weighted by atomic mass is 10.1. The van der Waals surface area contributed by atoms with E-state index in [9.17, 15) is 4.39 Å². The zero-order valence-corrected chi connectivity index (χ0v) is 13.4. The summed E-state index contributed by atoms with van der Waals surface area (Å²) in [4.78, 5) is 0. The van der Waals surface area contributed by atoms with Gasteiger partial charge in [0.05, 0.1) is 4.47 Å². The molecule has 0 spiro atoms. The highest BCUT2D eigenvalue weighted by Crippen LogP contribution is 2.29. The summed E-state index contributed by atoms with van der Waals surface area (Å²) in [6, 6.07) is 11.6. The number of aryl methyl sites for hydroxylation is 1. The first-order chi connectivity index (χ1) is 10.1. The SMILES string of the molecule is Cc1ccc(CNC2CC2)cc1Oc1ccc(F)c(Br)c1. The molecule has 0 saturated heterocycles. The molecule has 1 N–H and O–H groups in total. The molecule has 1 fully saturated rings. The summed E-state index contributed by atoms with van der Waals surface area (Å²) in [6.45, 7) is 2.86. The molecule has 1 aliphatic carbocycles. The third kappa shape index (κ3) is 3.83. The highest BCUT2D eigenvalue weighted by atomic mass is 79.9. The first kappa shape index (κ1) is 14.5. The van der Waals surface area contributed by atoms with Crippen molar-refractivity contribution in [1.29, 1.82) is 0 Å². The fourth-order valence-electron chi connectivity index (χ4n) is 2.08. The number of hydrogen-bond donors (Lipinski definition) is 1. The van der Waals surface area contributed by atoms with E-state index >= 15 is 0 Å². The molecule has 110 valence electrons. The first-order valence-electron chi connectivity index (χ1n) is 7.07. The largest absolute Gasteiger partial charge is 0.457 e. The van der Waals surface area contributed by atoms with E-state index in [-0.39, 0.29) is 5.82 Å². The molecule has 2 aromatic rings. The molecule has 0 atom stereocenters. The summed E-state index contributed by atoms with van der Waals surface area (Å²) in [6.07, 6.45) is 2.55. The molecule has 0 aromatic heterocycles. The van der Waals surface area contributed by atoms with Crippen molar-refractivity contribution in [3.63, 3.8) is 0 Å². The minimum atomic E-state index is -0.290. The fourth-order valence-corrected chi connectivity index (χ4v) is 2.44. The van der Waals surface area contributed by atoms with E-state index in [0.29, 0.717) is 16.3 Å². The van der Waals surface area contributed by atoms with Crippen LogP contribution in [0.4, 0.5) is 4.39 Å². The smallest absolute Gasteiger partial charge is 0.137 e. The molecular formula is C17H17BrFNO. The highest BCUT2D eigenvalue weighted by molar-refractivity contribution is 9.10. The third-order valence-corrected chi connectivity index (χ3v) is 4.15. The van der Waals surface area contributed by atoms with Crippen LogP contribution < -0.4 is 10.1 Å². The molecule has 2 nitrogen and oxygen atoms in total. The fraction of sp³-hybridized carbons (Fsp3) is 0.294. The van der Waals surface area contributed by atoms with Gasteiger partial charge in [-0.2, -0.15) is 0 Å². The summed E-state index contributed by atoms with van der Waals surface area (Å²) in [7, 11) is 0. The van der Waals surface area contributed by atoms with Gasteiger partial charge in [0, 0.05) is 12.6 Å². The molecule has 0 unspecified atom stereocenters. The summed E-state index contributed by atoms with van der Waals surface area (Å²) in [5.41, 5.74) is 2.26. The molecule has 1 aliphatic rings. The Morgan fingerprint density at radius 2 is 2.05 bits per heavy atom. The standard InChI is InChI=1S/C17H17BrFNO/c1-11-2-3-12(10-20-13-4-5-13)8-17(11)21-14-6-7-16(19)15(18)9-14/h2-3,6-9,13,20H,4-5,10H2,1H3. The number of nitrogens with one attached hydrogen (secondary N) is 1. The lowest BCUT2D eigenvalue weighted by Gasteiger charge is -2.11. The van der Waals surface area contributed by atoms with Gasteiger partial charge in [0.15, 0.2) is 0 Å². The maximum Gasteiger partial charge on any atom is 0.137 e. The molecule has 0 aliphatic heterocycles. The van der Waals surface area contributed by atoms with Crippen molar-refractivity contribution in [1.82, 2.24) is 5.32 Å². The van der Waals surface area contributed by atoms with Crippen LogP contribution in [0.25, 0.3) is 0 Å². The summed E-state index contributed by atoms with van der Waals surface area (Å²) in [5.74, 6) is 1.14. The van der Waals surface area contributed by atoms with Crippen LogP contribution in [0.15, 0.2) is 40.9 Å². The van der Waals surface area contributed by atoms with Crippen molar-refractivity contribution in [3.8, 4) is 11.5 Å². The van der Waals surface area contributed by atoms with Crippen LogP contribution in [-0.4, -0.2) is 6.04 Å². The van der Waals surface area contributed by atoms with Gasteiger partial charge >= 0.3 is 0 Å².